The topological polar surface area (TPSA) is 45.7 Å². The van der Waals surface area contributed by atoms with Crippen LogP contribution in [0.15, 0.2) is 57.7 Å². The van der Waals surface area contributed by atoms with Gasteiger partial charge in [0.15, 0.2) is 5.76 Å². The summed E-state index contributed by atoms with van der Waals surface area (Å²) >= 11 is 6.08. The highest BCUT2D eigenvalue weighted by atomic mass is 35.5. The molecule has 0 atom stereocenters. The Bertz CT molecular complexity index is 792. The lowest BCUT2D eigenvalue weighted by atomic mass is 10.2. The summed E-state index contributed by atoms with van der Waals surface area (Å²) in [5.74, 6) is 1.38. The minimum atomic E-state index is 0.674. The number of aromatic nitrogens is 1. The Morgan fingerprint density at radius 3 is 2.62 bits per heavy atom. The van der Waals surface area contributed by atoms with E-state index >= 15 is 0 Å². The molecule has 124 valence electrons. The summed E-state index contributed by atoms with van der Waals surface area (Å²) in [6.07, 6.45) is 1.63. The zero-order chi connectivity index (χ0) is 16.4. The van der Waals surface area contributed by atoms with Crippen molar-refractivity contribution in [3.8, 4) is 11.5 Å². The standard InChI is InChI=1S/C18H18ClN3O2/c19-14-3-1-4-16(11-14)22-8-6-21(7-9-22)13-15-12-18(24-20-15)17-5-2-10-23-17/h1-5,10-12H,6-9,13H2. The highest BCUT2D eigenvalue weighted by Gasteiger charge is 2.19. The largest absolute Gasteiger partial charge is 0.461 e. The minimum absolute atomic E-state index is 0.674. The van der Waals surface area contributed by atoms with Gasteiger partial charge in [0.25, 0.3) is 0 Å². The normalized spacial score (nSPS) is 15.8. The van der Waals surface area contributed by atoms with E-state index in [-0.39, 0.29) is 0 Å². The Kier molecular flexibility index (Phi) is 4.28. The summed E-state index contributed by atoms with van der Waals surface area (Å²) in [6, 6.07) is 13.7. The molecule has 0 saturated carbocycles. The molecular weight excluding hydrogens is 326 g/mol. The van der Waals surface area contributed by atoms with Gasteiger partial charge in [-0.3, -0.25) is 4.90 Å². The smallest absolute Gasteiger partial charge is 0.202 e. The molecule has 2 aromatic heterocycles. The number of hydrogen-bond acceptors (Lipinski definition) is 5. The first-order valence-electron chi connectivity index (χ1n) is 8.00. The molecule has 0 unspecified atom stereocenters. The molecule has 1 aliphatic rings. The third-order valence-electron chi connectivity index (χ3n) is 4.25. The van der Waals surface area contributed by atoms with Crippen molar-refractivity contribution in [1.82, 2.24) is 10.1 Å². The van der Waals surface area contributed by atoms with Gasteiger partial charge in [0.2, 0.25) is 5.76 Å². The second-order valence-corrected chi connectivity index (χ2v) is 6.34. The first-order valence-corrected chi connectivity index (χ1v) is 8.38. The highest BCUT2D eigenvalue weighted by molar-refractivity contribution is 6.30. The molecule has 3 heterocycles. The summed E-state index contributed by atoms with van der Waals surface area (Å²) in [5, 5.41) is 4.93. The van der Waals surface area contributed by atoms with Crippen molar-refractivity contribution in [2.45, 2.75) is 6.54 Å². The maximum atomic E-state index is 6.08. The van der Waals surface area contributed by atoms with Gasteiger partial charge in [-0.05, 0) is 30.3 Å². The van der Waals surface area contributed by atoms with Crippen molar-refractivity contribution < 1.29 is 8.94 Å². The lowest BCUT2D eigenvalue weighted by molar-refractivity contribution is 0.242. The van der Waals surface area contributed by atoms with E-state index in [1.54, 1.807) is 6.26 Å². The summed E-state index contributed by atoms with van der Waals surface area (Å²) < 4.78 is 10.7. The summed E-state index contributed by atoms with van der Waals surface area (Å²) in [6.45, 7) is 4.70. The third kappa shape index (κ3) is 3.32. The average Bonchev–Trinajstić information content (AvgIpc) is 3.27. The van der Waals surface area contributed by atoms with Crippen LogP contribution in [0.4, 0.5) is 5.69 Å². The molecule has 1 saturated heterocycles. The number of nitrogens with zero attached hydrogens (tertiary/aromatic N) is 3. The highest BCUT2D eigenvalue weighted by Crippen LogP contribution is 2.23. The van der Waals surface area contributed by atoms with E-state index in [9.17, 15) is 0 Å². The number of piperazine rings is 1. The number of rotatable bonds is 4. The summed E-state index contributed by atoms with van der Waals surface area (Å²) in [5.41, 5.74) is 2.11. The zero-order valence-corrected chi connectivity index (χ0v) is 13.9. The van der Waals surface area contributed by atoms with Gasteiger partial charge < -0.3 is 13.8 Å². The second-order valence-electron chi connectivity index (χ2n) is 5.90. The second kappa shape index (κ2) is 6.71. The van der Waals surface area contributed by atoms with Gasteiger partial charge in [-0.1, -0.05) is 22.8 Å². The van der Waals surface area contributed by atoms with E-state index in [2.05, 4.69) is 21.0 Å². The molecule has 0 amide bonds. The first-order chi connectivity index (χ1) is 11.8. The van der Waals surface area contributed by atoms with Crippen LogP contribution in [0.2, 0.25) is 5.02 Å². The molecule has 1 aromatic carbocycles. The fourth-order valence-corrected chi connectivity index (χ4v) is 3.17. The van der Waals surface area contributed by atoms with Crippen LogP contribution in [-0.2, 0) is 6.54 Å². The van der Waals surface area contributed by atoms with Gasteiger partial charge in [-0.25, -0.2) is 0 Å². The number of furan rings is 1. The fourth-order valence-electron chi connectivity index (χ4n) is 2.99. The Morgan fingerprint density at radius 1 is 1.00 bits per heavy atom. The summed E-state index contributed by atoms with van der Waals surface area (Å²) in [7, 11) is 0. The van der Waals surface area contributed by atoms with Gasteiger partial charge in [0.05, 0.1) is 12.0 Å². The lowest BCUT2D eigenvalue weighted by Gasteiger charge is -2.35. The van der Waals surface area contributed by atoms with Crippen LogP contribution in [0.1, 0.15) is 5.69 Å². The van der Waals surface area contributed by atoms with Gasteiger partial charge in [0, 0.05) is 49.5 Å². The van der Waals surface area contributed by atoms with Crippen LogP contribution >= 0.6 is 11.6 Å². The van der Waals surface area contributed by atoms with Crippen molar-refractivity contribution in [2.75, 3.05) is 31.1 Å². The van der Waals surface area contributed by atoms with Gasteiger partial charge in [-0.15, -0.1) is 0 Å². The van der Waals surface area contributed by atoms with E-state index in [4.69, 9.17) is 20.5 Å². The molecule has 0 bridgehead atoms. The first kappa shape index (κ1) is 15.3. The molecule has 6 heteroatoms. The number of benzene rings is 1. The van der Waals surface area contributed by atoms with E-state index in [0.29, 0.717) is 11.5 Å². The molecule has 0 spiro atoms. The number of halogens is 1. The summed E-state index contributed by atoms with van der Waals surface area (Å²) in [4.78, 5) is 4.74. The molecule has 24 heavy (non-hydrogen) atoms. The third-order valence-corrected chi connectivity index (χ3v) is 4.49. The van der Waals surface area contributed by atoms with Gasteiger partial charge >= 0.3 is 0 Å². The van der Waals surface area contributed by atoms with Crippen molar-refractivity contribution in [1.29, 1.82) is 0 Å². The number of hydrogen-bond donors (Lipinski definition) is 0. The van der Waals surface area contributed by atoms with Crippen molar-refractivity contribution in [3.05, 3.63) is 59.4 Å². The Labute approximate surface area is 145 Å². The van der Waals surface area contributed by atoms with E-state index in [1.807, 2.05) is 36.4 Å². The molecule has 1 fully saturated rings. The Hall–Kier alpha value is -2.24. The van der Waals surface area contributed by atoms with Crippen LogP contribution < -0.4 is 4.90 Å². The molecule has 0 aliphatic carbocycles. The van der Waals surface area contributed by atoms with E-state index in [1.165, 1.54) is 5.69 Å². The molecule has 0 radical (unpaired) electrons. The average molecular weight is 344 g/mol. The predicted octanol–water partition coefficient (Wildman–Crippen LogP) is 3.91. The van der Waals surface area contributed by atoms with Crippen molar-refractivity contribution in [3.63, 3.8) is 0 Å². The SMILES string of the molecule is Clc1cccc(N2CCN(Cc3cc(-c4ccco4)on3)CC2)c1. The Balaban J connectivity index is 1.35. The molecular formula is C18H18ClN3O2. The zero-order valence-electron chi connectivity index (χ0n) is 13.2. The fraction of sp³-hybridized carbons (Fsp3) is 0.278. The monoisotopic (exact) mass is 343 g/mol. The maximum Gasteiger partial charge on any atom is 0.202 e. The van der Waals surface area contributed by atoms with Crippen LogP contribution in [0.25, 0.3) is 11.5 Å². The molecule has 1 aliphatic heterocycles. The van der Waals surface area contributed by atoms with Gasteiger partial charge in [0.1, 0.15) is 0 Å². The van der Waals surface area contributed by atoms with E-state index < -0.39 is 0 Å². The quantitative estimate of drug-likeness (QED) is 0.718. The molecule has 5 nitrogen and oxygen atoms in total. The van der Waals surface area contributed by atoms with Crippen molar-refractivity contribution >= 4 is 17.3 Å². The Morgan fingerprint density at radius 2 is 1.88 bits per heavy atom. The van der Waals surface area contributed by atoms with E-state index in [0.717, 1.165) is 43.4 Å². The maximum absolute atomic E-state index is 6.08. The van der Waals surface area contributed by atoms with Crippen LogP contribution in [-0.4, -0.2) is 36.2 Å². The molecule has 4 rings (SSSR count). The molecule has 0 N–H and O–H groups in total. The number of anilines is 1. The lowest BCUT2D eigenvalue weighted by Crippen LogP contribution is -2.46. The predicted molar refractivity (Wildman–Crippen MR) is 93.1 cm³/mol. The van der Waals surface area contributed by atoms with Gasteiger partial charge in [-0.2, -0.15) is 0 Å². The van der Waals surface area contributed by atoms with Crippen molar-refractivity contribution in [2.24, 2.45) is 0 Å². The van der Waals surface area contributed by atoms with Crippen LogP contribution in [0.3, 0.4) is 0 Å². The molecule has 3 aromatic rings. The minimum Gasteiger partial charge on any atom is -0.461 e. The van der Waals surface area contributed by atoms with Crippen LogP contribution in [0, 0.1) is 0 Å². The van der Waals surface area contributed by atoms with Crippen LogP contribution in [0.5, 0.6) is 0 Å².